The summed E-state index contributed by atoms with van der Waals surface area (Å²) < 4.78 is 0. The molecule has 1 aliphatic rings. The molecule has 2 rings (SSSR count). The van der Waals surface area contributed by atoms with E-state index in [1.54, 1.807) is 5.57 Å². The predicted molar refractivity (Wildman–Crippen MR) is 79.0 cm³/mol. The molecule has 0 aliphatic heterocycles. The molecule has 1 unspecified atom stereocenters. The summed E-state index contributed by atoms with van der Waals surface area (Å²) in [4.78, 5) is 0. The van der Waals surface area contributed by atoms with Crippen LogP contribution < -0.4 is 5.32 Å². The van der Waals surface area contributed by atoms with Crippen molar-refractivity contribution in [3.8, 4) is 0 Å². The molecule has 1 aromatic carbocycles. The summed E-state index contributed by atoms with van der Waals surface area (Å²) in [6.45, 7) is 3.16. The summed E-state index contributed by atoms with van der Waals surface area (Å²) in [5.74, 6) is 0. The van der Waals surface area contributed by atoms with Crippen LogP contribution in [0.15, 0.2) is 35.9 Å². The highest BCUT2D eigenvalue weighted by atomic mass is 35.5. The average Bonchev–Trinajstić information content (AvgIpc) is 2.66. The summed E-state index contributed by atoms with van der Waals surface area (Å²) in [5.41, 5.74) is 2.88. The normalized spacial score (nSPS) is 18.0. The second kappa shape index (κ2) is 6.96. The second-order valence-electron chi connectivity index (χ2n) is 4.92. The van der Waals surface area contributed by atoms with Crippen LogP contribution in [0.3, 0.4) is 0 Å². The molecule has 0 saturated carbocycles. The summed E-state index contributed by atoms with van der Waals surface area (Å²) >= 11 is 5.97. The minimum Gasteiger partial charge on any atom is -0.307 e. The number of halogens is 1. The van der Waals surface area contributed by atoms with Crippen molar-refractivity contribution in [1.29, 1.82) is 0 Å². The fraction of sp³-hybridized carbons (Fsp3) is 0.500. The van der Waals surface area contributed by atoms with Crippen molar-refractivity contribution in [3.05, 3.63) is 46.5 Å². The molecule has 0 spiro atoms. The highest BCUT2D eigenvalue weighted by molar-refractivity contribution is 6.30. The molecule has 0 aromatic heterocycles. The van der Waals surface area contributed by atoms with Crippen LogP contribution in [0.4, 0.5) is 0 Å². The van der Waals surface area contributed by atoms with E-state index in [-0.39, 0.29) is 0 Å². The maximum atomic E-state index is 5.97. The van der Waals surface area contributed by atoms with E-state index in [1.807, 2.05) is 12.1 Å². The first kappa shape index (κ1) is 13.6. The van der Waals surface area contributed by atoms with Gasteiger partial charge in [0.1, 0.15) is 0 Å². The predicted octanol–water partition coefficient (Wildman–Crippen LogP) is 4.88. The number of nitrogens with one attached hydrogen (secondary N) is 1. The third kappa shape index (κ3) is 3.60. The Bertz CT molecular complexity index is 394. The zero-order valence-corrected chi connectivity index (χ0v) is 11.8. The van der Waals surface area contributed by atoms with E-state index in [4.69, 9.17) is 11.6 Å². The van der Waals surface area contributed by atoms with E-state index in [2.05, 4.69) is 30.4 Å². The van der Waals surface area contributed by atoms with Crippen molar-refractivity contribution in [3.63, 3.8) is 0 Å². The topological polar surface area (TPSA) is 12.0 Å². The fourth-order valence-electron chi connectivity index (χ4n) is 2.62. The largest absolute Gasteiger partial charge is 0.307 e. The van der Waals surface area contributed by atoms with Crippen molar-refractivity contribution in [2.24, 2.45) is 0 Å². The van der Waals surface area contributed by atoms with Crippen molar-refractivity contribution in [1.82, 2.24) is 5.32 Å². The molecular weight excluding hydrogens is 242 g/mol. The standard InChI is InChI=1S/C16H22ClN/c1-2-18-16(13-7-5-3-4-6-8-13)14-9-11-15(17)12-10-14/h7,9-12,16,18H,2-6,8H2,1H3. The van der Waals surface area contributed by atoms with Gasteiger partial charge in [-0.3, -0.25) is 0 Å². The molecule has 0 radical (unpaired) electrons. The van der Waals surface area contributed by atoms with Gasteiger partial charge in [-0.05, 0) is 49.9 Å². The summed E-state index contributed by atoms with van der Waals surface area (Å²) in [5, 5.41) is 4.41. The molecule has 1 aliphatic carbocycles. The van der Waals surface area contributed by atoms with E-state index in [0.29, 0.717) is 6.04 Å². The molecule has 1 atom stereocenters. The van der Waals surface area contributed by atoms with Gasteiger partial charge in [-0.2, -0.15) is 0 Å². The first-order valence-electron chi connectivity index (χ1n) is 6.99. The van der Waals surface area contributed by atoms with Crippen molar-refractivity contribution < 1.29 is 0 Å². The van der Waals surface area contributed by atoms with Gasteiger partial charge in [0.15, 0.2) is 0 Å². The van der Waals surface area contributed by atoms with E-state index in [0.717, 1.165) is 11.6 Å². The van der Waals surface area contributed by atoms with Crippen LogP contribution in [0.1, 0.15) is 50.6 Å². The molecule has 0 fully saturated rings. The Labute approximate surface area is 115 Å². The Morgan fingerprint density at radius 2 is 1.94 bits per heavy atom. The quantitative estimate of drug-likeness (QED) is 0.764. The van der Waals surface area contributed by atoms with Gasteiger partial charge in [0.25, 0.3) is 0 Å². The lowest BCUT2D eigenvalue weighted by Crippen LogP contribution is -2.22. The van der Waals surface area contributed by atoms with Crippen molar-refractivity contribution in [2.75, 3.05) is 6.54 Å². The molecule has 0 saturated heterocycles. The molecule has 18 heavy (non-hydrogen) atoms. The van der Waals surface area contributed by atoms with Gasteiger partial charge < -0.3 is 5.32 Å². The third-order valence-electron chi connectivity index (χ3n) is 3.56. The molecule has 1 nitrogen and oxygen atoms in total. The summed E-state index contributed by atoms with van der Waals surface area (Å²) in [6, 6.07) is 8.62. The number of likely N-dealkylation sites (N-methyl/N-ethyl adjacent to an activating group) is 1. The average molecular weight is 264 g/mol. The smallest absolute Gasteiger partial charge is 0.0535 e. The first-order chi connectivity index (χ1) is 8.81. The molecular formula is C16H22ClN. The third-order valence-corrected chi connectivity index (χ3v) is 3.81. The second-order valence-corrected chi connectivity index (χ2v) is 5.36. The highest BCUT2D eigenvalue weighted by Crippen LogP contribution is 2.29. The van der Waals surface area contributed by atoms with E-state index >= 15 is 0 Å². The zero-order valence-electron chi connectivity index (χ0n) is 11.1. The molecule has 1 aromatic rings. The summed E-state index contributed by atoms with van der Waals surface area (Å²) in [6.07, 6.45) is 8.91. The van der Waals surface area contributed by atoms with Gasteiger partial charge in [-0.15, -0.1) is 0 Å². The van der Waals surface area contributed by atoms with Gasteiger partial charge in [0, 0.05) is 5.02 Å². The van der Waals surface area contributed by atoms with E-state index in [9.17, 15) is 0 Å². The van der Waals surface area contributed by atoms with Gasteiger partial charge in [-0.1, -0.05) is 48.7 Å². The lowest BCUT2D eigenvalue weighted by Gasteiger charge is -2.21. The Morgan fingerprint density at radius 3 is 2.67 bits per heavy atom. The Hall–Kier alpha value is -0.790. The fourth-order valence-corrected chi connectivity index (χ4v) is 2.75. The highest BCUT2D eigenvalue weighted by Gasteiger charge is 2.16. The van der Waals surface area contributed by atoms with Crippen LogP contribution >= 0.6 is 11.6 Å². The van der Waals surface area contributed by atoms with Gasteiger partial charge in [0.05, 0.1) is 6.04 Å². The first-order valence-corrected chi connectivity index (χ1v) is 7.37. The summed E-state index contributed by atoms with van der Waals surface area (Å²) in [7, 11) is 0. The van der Waals surface area contributed by atoms with Crippen LogP contribution in [0.5, 0.6) is 0 Å². The molecule has 0 bridgehead atoms. The SMILES string of the molecule is CCNC(C1=CCCCCC1)c1ccc(Cl)cc1. The van der Waals surface area contributed by atoms with Crippen molar-refractivity contribution in [2.45, 2.75) is 45.1 Å². The minimum absolute atomic E-state index is 0.366. The lowest BCUT2D eigenvalue weighted by atomic mass is 9.95. The Balaban J connectivity index is 2.21. The lowest BCUT2D eigenvalue weighted by molar-refractivity contribution is 0.589. The molecule has 98 valence electrons. The number of hydrogen-bond donors (Lipinski definition) is 1. The van der Waals surface area contributed by atoms with Crippen LogP contribution in [-0.2, 0) is 0 Å². The van der Waals surface area contributed by atoms with Crippen molar-refractivity contribution >= 4 is 11.6 Å². The number of allylic oxidation sites excluding steroid dienone is 1. The molecule has 0 heterocycles. The van der Waals surface area contributed by atoms with Crippen LogP contribution in [-0.4, -0.2) is 6.54 Å². The van der Waals surface area contributed by atoms with Gasteiger partial charge >= 0.3 is 0 Å². The zero-order chi connectivity index (χ0) is 12.8. The maximum Gasteiger partial charge on any atom is 0.0535 e. The van der Waals surface area contributed by atoms with Crippen LogP contribution in [0.2, 0.25) is 5.02 Å². The Kier molecular flexibility index (Phi) is 5.27. The minimum atomic E-state index is 0.366. The number of benzene rings is 1. The van der Waals surface area contributed by atoms with Gasteiger partial charge in [0.2, 0.25) is 0 Å². The van der Waals surface area contributed by atoms with Crippen LogP contribution in [0, 0.1) is 0 Å². The Morgan fingerprint density at radius 1 is 1.17 bits per heavy atom. The van der Waals surface area contributed by atoms with Gasteiger partial charge in [-0.25, -0.2) is 0 Å². The van der Waals surface area contributed by atoms with E-state index < -0.39 is 0 Å². The molecule has 1 N–H and O–H groups in total. The van der Waals surface area contributed by atoms with E-state index in [1.165, 1.54) is 37.7 Å². The number of rotatable bonds is 4. The molecule has 2 heteroatoms. The molecule has 0 amide bonds. The number of hydrogen-bond acceptors (Lipinski definition) is 1. The van der Waals surface area contributed by atoms with Crippen LogP contribution in [0.25, 0.3) is 0 Å². The maximum absolute atomic E-state index is 5.97. The monoisotopic (exact) mass is 263 g/mol.